The highest BCUT2D eigenvalue weighted by Crippen LogP contribution is 2.29. The van der Waals surface area contributed by atoms with Crippen LogP contribution in [0.25, 0.3) is 0 Å². The van der Waals surface area contributed by atoms with Gasteiger partial charge in [-0.1, -0.05) is 12.1 Å². The molecule has 0 aliphatic heterocycles. The molecule has 150 valence electrons. The van der Waals surface area contributed by atoms with E-state index in [1.165, 1.54) is 0 Å². The Bertz CT molecular complexity index is 821. The van der Waals surface area contributed by atoms with Crippen molar-refractivity contribution in [2.75, 3.05) is 25.1 Å². The number of carbonyl (C=O) groups is 1. The zero-order valence-corrected chi connectivity index (χ0v) is 16.6. The zero-order valence-electron chi connectivity index (χ0n) is 16.6. The second-order valence-corrected chi connectivity index (χ2v) is 5.91. The number of nitrogens with two attached hydrogens (primary N) is 1. The number of ether oxygens (including phenoxy) is 2. The number of nitrogens with one attached hydrogen (secondary N) is 2. The molecule has 0 fully saturated rings. The van der Waals surface area contributed by atoms with E-state index in [1.807, 2.05) is 57.2 Å². The summed E-state index contributed by atoms with van der Waals surface area (Å²) >= 11 is 0. The van der Waals surface area contributed by atoms with Gasteiger partial charge < -0.3 is 25.8 Å². The highest BCUT2D eigenvalue weighted by Gasteiger charge is 2.08. The van der Waals surface area contributed by atoms with Gasteiger partial charge in [-0.2, -0.15) is 0 Å². The number of rotatable bonds is 9. The zero-order chi connectivity index (χ0) is 20.4. The summed E-state index contributed by atoms with van der Waals surface area (Å²) in [6, 6.07) is 12.8. The van der Waals surface area contributed by atoms with Crippen LogP contribution in [-0.2, 0) is 6.54 Å². The minimum absolute atomic E-state index is 0.103. The molecule has 2 aromatic rings. The average molecular weight is 384 g/mol. The molecule has 2 rings (SSSR count). The quantitative estimate of drug-likeness (QED) is 0.456. The van der Waals surface area contributed by atoms with Crippen LogP contribution >= 0.6 is 0 Å². The molecule has 7 heteroatoms. The Kier molecular flexibility index (Phi) is 8.14. The normalized spacial score (nSPS) is 11.0. The van der Waals surface area contributed by atoms with E-state index in [4.69, 9.17) is 15.2 Å². The van der Waals surface area contributed by atoms with Gasteiger partial charge in [0.15, 0.2) is 5.96 Å². The van der Waals surface area contributed by atoms with Crippen molar-refractivity contribution in [1.82, 2.24) is 5.32 Å². The molecule has 0 bridgehead atoms. The fourth-order valence-electron chi connectivity index (χ4n) is 2.57. The summed E-state index contributed by atoms with van der Waals surface area (Å²) in [4.78, 5) is 16.3. The van der Waals surface area contributed by atoms with Gasteiger partial charge in [-0.25, -0.2) is 4.99 Å². The van der Waals surface area contributed by atoms with Gasteiger partial charge in [-0.15, -0.1) is 0 Å². The largest absolute Gasteiger partial charge is 0.494 e. The van der Waals surface area contributed by atoms with Crippen LogP contribution in [0.2, 0.25) is 0 Å². The van der Waals surface area contributed by atoms with E-state index in [2.05, 4.69) is 15.6 Å². The molecule has 28 heavy (non-hydrogen) atoms. The Morgan fingerprint density at radius 3 is 2.57 bits per heavy atom. The number of benzene rings is 2. The van der Waals surface area contributed by atoms with Crippen LogP contribution in [-0.4, -0.2) is 31.6 Å². The van der Waals surface area contributed by atoms with Crippen LogP contribution in [0.5, 0.6) is 11.5 Å². The van der Waals surface area contributed by atoms with E-state index in [9.17, 15) is 4.79 Å². The van der Waals surface area contributed by atoms with Gasteiger partial charge in [0.2, 0.25) is 0 Å². The molecule has 0 radical (unpaired) electrons. The Morgan fingerprint density at radius 2 is 1.86 bits per heavy atom. The summed E-state index contributed by atoms with van der Waals surface area (Å²) in [5, 5.41) is 5.85. The minimum atomic E-state index is -0.103. The summed E-state index contributed by atoms with van der Waals surface area (Å²) in [5.74, 6) is 1.53. The summed E-state index contributed by atoms with van der Waals surface area (Å²) < 4.78 is 11.2. The maximum Gasteiger partial charge on any atom is 0.251 e. The summed E-state index contributed by atoms with van der Waals surface area (Å²) in [6.45, 7) is 7.76. The van der Waals surface area contributed by atoms with Crippen molar-refractivity contribution >= 4 is 17.6 Å². The van der Waals surface area contributed by atoms with E-state index in [-0.39, 0.29) is 11.9 Å². The van der Waals surface area contributed by atoms with Gasteiger partial charge in [-0.05, 0) is 50.6 Å². The maximum atomic E-state index is 12.0. The van der Waals surface area contributed by atoms with E-state index in [1.54, 1.807) is 6.07 Å². The molecule has 7 nitrogen and oxygen atoms in total. The molecule has 0 saturated carbocycles. The lowest BCUT2D eigenvalue weighted by molar-refractivity contribution is 0.0955. The van der Waals surface area contributed by atoms with Gasteiger partial charge in [0.1, 0.15) is 11.5 Å². The average Bonchev–Trinajstić information content (AvgIpc) is 2.69. The molecule has 0 heterocycles. The second-order valence-electron chi connectivity index (χ2n) is 5.91. The van der Waals surface area contributed by atoms with Crippen molar-refractivity contribution < 1.29 is 14.3 Å². The van der Waals surface area contributed by atoms with Crippen LogP contribution in [0.4, 0.5) is 5.69 Å². The Labute approximate surface area is 165 Å². The van der Waals surface area contributed by atoms with Crippen molar-refractivity contribution in [3.8, 4) is 11.5 Å². The van der Waals surface area contributed by atoms with Crippen molar-refractivity contribution in [1.29, 1.82) is 0 Å². The Hall–Kier alpha value is -3.22. The van der Waals surface area contributed by atoms with Gasteiger partial charge in [-0.3, -0.25) is 4.79 Å². The minimum Gasteiger partial charge on any atom is -0.494 e. The van der Waals surface area contributed by atoms with Crippen LogP contribution in [0.3, 0.4) is 0 Å². The summed E-state index contributed by atoms with van der Waals surface area (Å²) in [6.07, 6.45) is 0. The van der Waals surface area contributed by atoms with Crippen molar-refractivity contribution in [3.05, 3.63) is 53.6 Å². The first-order chi connectivity index (χ1) is 13.6. The van der Waals surface area contributed by atoms with E-state index < -0.39 is 0 Å². The molecule has 2 aromatic carbocycles. The third kappa shape index (κ3) is 6.19. The molecule has 0 aliphatic carbocycles. The predicted molar refractivity (Wildman–Crippen MR) is 112 cm³/mol. The first-order valence-corrected chi connectivity index (χ1v) is 9.41. The third-order valence-corrected chi connectivity index (χ3v) is 3.78. The predicted octanol–water partition coefficient (Wildman–Crippen LogP) is 3.16. The van der Waals surface area contributed by atoms with Crippen LogP contribution in [0, 0.1) is 0 Å². The number of amides is 1. The third-order valence-electron chi connectivity index (χ3n) is 3.78. The highest BCUT2D eigenvalue weighted by molar-refractivity contribution is 5.95. The fraction of sp³-hybridized carbons (Fsp3) is 0.333. The summed E-state index contributed by atoms with van der Waals surface area (Å²) in [7, 11) is 0. The van der Waals surface area contributed by atoms with Gasteiger partial charge in [0.05, 0.1) is 25.4 Å². The molecule has 0 saturated heterocycles. The van der Waals surface area contributed by atoms with Crippen molar-refractivity contribution in [2.45, 2.75) is 27.3 Å². The van der Waals surface area contributed by atoms with Gasteiger partial charge >= 0.3 is 0 Å². The molecule has 4 N–H and O–H groups in total. The molecule has 0 aliphatic rings. The van der Waals surface area contributed by atoms with Gasteiger partial charge in [0, 0.05) is 18.2 Å². The van der Waals surface area contributed by atoms with Crippen LogP contribution in [0.15, 0.2) is 47.5 Å². The number of carbonyl (C=O) groups excluding carboxylic acids is 1. The second kappa shape index (κ2) is 10.8. The number of aliphatic imine (C=N–C) groups is 1. The molecule has 0 unspecified atom stereocenters. The van der Waals surface area contributed by atoms with Crippen molar-refractivity contribution in [2.24, 2.45) is 10.7 Å². The number of hydrogen-bond acceptors (Lipinski definition) is 4. The van der Waals surface area contributed by atoms with E-state index in [0.29, 0.717) is 43.3 Å². The molecule has 0 aromatic heterocycles. The van der Waals surface area contributed by atoms with E-state index >= 15 is 0 Å². The highest BCUT2D eigenvalue weighted by atomic mass is 16.5. The number of anilines is 1. The Morgan fingerprint density at radius 1 is 1.07 bits per heavy atom. The lowest BCUT2D eigenvalue weighted by Crippen LogP contribution is -2.23. The molecule has 1 amide bonds. The van der Waals surface area contributed by atoms with Crippen LogP contribution in [0.1, 0.15) is 36.7 Å². The fourth-order valence-corrected chi connectivity index (χ4v) is 2.57. The smallest absolute Gasteiger partial charge is 0.251 e. The number of hydrogen-bond donors (Lipinski definition) is 3. The lowest BCUT2D eigenvalue weighted by atomic mass is 10.1. The SMILES string of the molecule is CCNC(=O)c1cccc(CN=C(N)Nc2cc(OCC)ccc2OCC)c1. The Balaban J connectivity index is 2.11. The molecule has 0 atom stereocenters. The summed E-state index contributed by atoms with van der Waals surface area (Å²) in [5.41, 5.74) is 8.23. The maximum absolute atomic E-state index is 12.0. The van der Waals surface area contributed by atoms with Crippen molar-refractivity contribution in [3.63, 3.8) is 0 Å². The number of nitrogens with zero attached hydrogens (tertiary/aromatic N) is 1. The topological polar surface area (TPSA) is 98.0 Å². The standard InChI is InChI=1S/C21H28N4O3/c1-4-23-20(26)16-9-7-8-15(12-16)14-24-21(22)25-18-13-17(27-5-2)10-11-19(18)28-6-3/h7-13H,4-6,14H2,1-3H3,(H,23,26)(H3,22,24,25). The molecular weight excluding hydrogens is 356 g/mol. The van der Waals surface area contributed by atoms with Crippen LogP contribution < -0.4 is 25.8 Å². The first-order valence-electron chi connectivity index (χ1n) is 9.41. The van der Waals surface area contributed by atoms with E-state index in [0.717, 1.165) is 11.3 Å². The number of guanidine groups is 1. The van der Waals surface area contributed by atoms with Gasteiger partial charge in [0.25, 0.3) is 5.91 Å². The monoisotopic (exact) mass is 384 g/mol. The molecule has 0 spiro atoms. The molecular formula is C21H28N4O3. The lowest BCUT2D eigenvalue weighted by Gasteiger charge is -2.14. The first kappa shape index (κ1) is 21.1.